The number of nitrogens with zero attached hydrogens (tertiary/aromatic N) is 4. The third-order valence-electron chi connectivity index (χ3n) is 7.11. The SMILES string of the molecule is CC(C)N(C(=O)c1ccc(N(NC(=O)c2ccccc2F)C2CCN(Cc3ccccn3)CC2)cc1)C(C)C. The van der Waals surface area contributed by atoms with Gasteiger partial charge in [-0.05, 0) is 89.1 Å². The molecule has 1 fully saturated rings. The molecule has 39 heavy (non-hydrogen) atoms. The number of hydrogen-bond acceptors (Lipinski definition) is 5. The molecular weight excluding hydrogens is 493 g/mol. The lowest BCUT2D eigenvalue weighted by atomic mass is 10.0. The summed E-state index contributed by atoms with van der Waals surface area (Å²) in [7, 11) is 0. The summed E-state index contributed by atoms with van der Waals surface area (Å²) in [5.74, 6) is -1.10. The van der Waals surface area contributed by atoms with E-state index in [1.807, 2.05) is 67.9 Å². The second kappa shape index (κ2) is 12.8. The minimum Gasteiger partial charge on any atom is -0.334 e. The van der Waals surface area contributed by atoms with Crippen LogP contribution in [0.4, 0.5) is 10.1 Å². The van der Waals surface area contributed by atoms with E-state index in [0.29, 0.717) is 5.56 Å². The van der Waals surface area contributed by atoms with Crippen molar-refractivity contribution in [3.05, 3.63) is 95.6 Å². The summed E-state index contributed by atoms with van der Waals surface area (Å²) in [4.78, 5) is 35.0. The number of carbonyl (C=O) groups is 2. The zero-order chi connectivity index (χ0) is 27.9. The third-order valence-corrected chi connectivity index (χ3v) is 7.11. The standard InChI is InChI=1S/C31H38FN5O2/c1-22(2)36(23(3)4)31(39)24-12-14-26(15-13-24)37(34-30(38)28-10-5-6-11-29(28)32)27-16-19-35(20-17-27)21-25-9-7-8-18-33-25/h5-15,18,22-23,27H,16-17,19-21H2,1-4H3,(H,34,38). The second-order valence-corrected chi connectivity index (χ2v) is 10.6. The van der Waals surface area contributed by atoms with E-state index in [4.69, 9.17) is 0 Å². The van der Waals surface area contributed by atoms with Gasteiger partial charge in [0.2, 0.25) is 0 Å². The number of piperidine rings is 1. The lowest BCUT2D eigenvalue weighted by Crippen LogP contribution is -2.53. The van der Waals surface area contributed by atoms with Gasteiger partial charge in [-0.2, -0.15) is 0 Å². The summed E-state index contributed by atoms with van der Waals surface area (Å²) in [6, 6.07) is 19.4. The van der Waals surface area contributed by atoms with Crippen molar-refractivity contribution in [2.45, 2.75) is 65.2 Å². The first-order chi connectivity index (χ1) is 18.7. The van der Waals surface area contributed by atoms with E-state index in [0.717, 1.165) is 43.9 Å². The molecule has 0 atom stereocenters. The Labute approximate surface area is 230 Å². The van der Waals surface area contributed by atoms with E-state index < -0.39 is 11.7 Å². The molecule has 2 amide bonds. The molecule has 0 bridgehead atoms. The summed E-state index contributed by atoms with van der Waals surface area (Å²) in [6.45, 7) is 10.5. The van der Waals surface area contributed by atoms with Gasteiger partial charge >= 0.3 is 0 Å². The molecule has 1 aliphatic heterocycles. The van der Waals surface area contributed by atoms with Crippen LogP contribution in [0.2, 0.25) is 0 Å². The van der Waals surface area contributed by atoms with E-state index in [-0.39, 0.29) is 29.6 Å². The molecule has 2 aromatic carbocycles. The fourth-order valence-electron chi connectivity index (χ4n) is 5.22. The van der Waals surface area contributed by atoms with E-state index in [1.165, 1.54) is 12.1 Å². The van der Waals surface area contributed by atoms with Gasteiger partial charge in [-0.1, -0.05) is 18.2 Å². The quantitative estimate of drug-likeness (QED) is 0.380. The van der Waals surface area contributed by atoms with Gasteiger partial charge in [0.05, 0.1) is 23.0 Å². The van der Waals surface area contributed by atoms with Crippen molar-refractivity contribution in [3.63, 3.8) is 0 Å². The van der Waals surface area contributed by atoms with Crippen LogP contribution in [-0.4, -0.2) is 57.8 Å². The number of halogens is 1. The van der Waals surface area contributed by atoms with E-state index >= 15 is 0 Å². The Balaban J connectivity index is 1.54. The number of benzene rings is 2. The first-order valence-corrected chi connectivity index (χ1v) is 13.6. The van der Waals surface area contributed by atoms with Gasteiger partial charge in [0.15, 0.2) is 0 Å². The lowest BCUT2D eigenvalue weighted by molar-refractivity contribution is 0.0643. The zero-order valence-corrected chi connectivity index (χ0v) is 23.2. The monoisotopic (exact) mass is 531 g/mol. The maximum Gasteiger partial charge on any atom is 0.272 e. The average Bonchev–Trinajstić information content (AvgIpc) is 2.93. The highest BCUT2D eigenvalue weighted by atomic mass is 19.1. The van der Waals surface area contributed by atoms with Gasteiger partial charge < -0.3 is 4.90 Å². The van der Waals surface area contributed by atoms with Crippen molar-refractivity contribution in [1.82, 2.24) is 20.2 Å². The van der Waals surface area contributed by atoms with Crippen molar-refractivity contribution in [1.29, 1.82) is 0 Å². The maximum absolute atomic E-state index is 14.4. The van der Waals surface area contributed by atoms with Crippen LogP contribution in [0.3, 0.4) is 0 Å². The molecule has 0 saturated carbocycles. The van der Waals surface area contributed by atoms with Gasteiger partial charge in [-0.25, -0.2) is 4.39 Å². The number of pyridine rings is 1. The van der Waals surface area contributed by atoms with Crippen molar-refractivity contribution in [3.8, 4) is 0 Å². The lowest BCUT2D eigenvalue weighted by Gasteiger charge is -2.39. The number of rotatable bonds is 9. The van der Waals surface area contributed by atoms with E-state index in [9.17, 15) is 14.0 Å². The Morgan fingerprint density at radius 2 is 1.59 bits per heavy atom. The molecule has 8 heteroatoms. The van der Waals surface area contributed by atoms with Crippen LogP contribution in [0.1, 0.15) is 66.9 Å². The molecule has 0 spiro atoms. The summed E-state index contributed by atoms with van der Waals surface area (Å²) < 4.78 is 14.4. The molecule has 0 radical (unpaired) electrons. The molecule has 1 N–H and O–H groups in total. The van der Waals surface area contributed by atoms with Crippen molar-refractivity contribution >= 4 is 17.5 Å². The maximum atomic E-state index is 14.4. The molecule has 206 valence electrons. The van der Waals surface area contributed by atoms with Gasteiger partial charge in [0, 0.05) is 43.5 Å². The molecule has 1 aromatic heterocycles. The molecule has 4 rings (SSSR count). The minimum atomic E-state index is -0.566. The molecule has 0 aliphatic carbocycles. The number of carbonyl (C=O) groups excluding carboxylic acids is 2. The van der Waals surface area contributed by atoms with Crippen LogP contribution in [-0.2, 0) is 6.54 Å². The molecule has 1 saturated heterocycles. The molecule has 7 nitrogen and oxygen atoms in total. The number of amides is 2. The average molecular weight is 532 g/mol. The highest BCUT2D eigenvalue weighted by molar-refractivity contribution is 5.96. The number of aromatic nitrogens is 1. The molecular formula is C31H38FN5O2. The second-order valence-electron chi connectivity index (χ2n) is 10.6. The minimum absolute atomic E-state index is 0.00471. The van der Waals surface area contributed by atoms with E-state index in [2.05, 4.69) is 15.3 Å². The van der Waals surface area contributed by atoms with Gasteiger partial charge in [-0.3, -0.25) is 29.9 Å². The summed E-state index contributed by atoms with van der Waals surface area (Å²) in [6.07, 6.45) is 3.41. The normalized spacial score (nSPS) is 14.4. The molecule has 3 aromatic rings. The summed E-state index contributed by atoms with van der Waals surface area (Å²) in [5.41, 5.74) is 5.32. The van der Waals surface area contributed by atoms with Crippen LogP contribution in [0, 0.1) is 5.82 Å². The number of hydrogen-bond donors (Lipinski definition) is 1. The first kappa shape index (κ1) is 28.2. The van der Waals surface area contributed by atoms with Gasteiger partial charge in [0.25, 0.3) is 11.8 Å². The third kappa shape index (κ3) is 7.00. The highest BCUT2D eigenvalue weighted by Crippen LogP contribution is 2.25. The molecule has 2 heterocycles. The van der Waals surface area contributed by atoms with Gasteiger partial charge in [-0.15, -0.1) is 0 Å². The fourth-order valence-corrected chi connectivity index (χ4v) is 5.22. The number of anilines is 1. The fraction of sp³-hybridized carbons (Fsp3) is 0.387. The molecule has 1 aliphatic rings. The Morgan fingerprint density at radius 3 is 2.18 bits per heavy atom. The Kier molecular flexibility index (Phi) is 9.30. The smallest absolute Gasteiger partial charge is 0.272 e. The van der Waals surface area contributed by atoms with Crippen molar-refractivity contribution in [2.24, 2.45) is 0 Å². The number of likely N-dealkylation sites (tertiary alicyclic amines) is 1. The number of hydrazine groups is 1. The highest BCUT2D eigenvalue weighted by Gasteiger charge is 2.28. The van der Waals surface area contributed by atoms with Crippen LogP contribution in [0.25, 0.3) is 0 Å². The van der Waals surface area contributed by atoms with Crippen LogP contribution in [0.5, 0.6) is 0 Å². The largest absolute Gasteiger partial charge is 0.334 e. The van der Waals surface area contributed by atoms with Crippen molar-refractivity contribution < 1.29 is 14.0 Å². The van der Waals surface area contributed by atoms with E-state index in [1.54, 1.807) is 30.5 Å². The van der Waals surface area contributed by atoms with Gasteiger partial charge in [0.1, 0.15) is 5.82 Å². The number of nitrogens with one attached hydrogen (secondary N) is 1. The Bertz CT molecular complexity index is 1230. The molecule has 0 unspecified atom stereocenters. The van der Waals surface area contributed by atoms with Crippen LogP contribution >= 0.6 is 0 Å². The zero-order valence-electron chi connectivity index (χ0n) is 23.2. The first-order valence-electron chi connectivity index (χ1n) is 13.6. The Hall–Kier alpha value is -3.78. The van der Waals surface area contributed by atoms with Crippen LogP contribution in [0.15, 0.2) is 72.9 Å². The van der Waals surface area contributed by atoms with Crippen LogP contribution < -0.4 is 10.4 Å². The Morgan fingerprint density at radius 1 is 0.949 bits per heavy atom. The predicted octanol–water partition coefficient (Wildman–Crippen LogP) is 5.30. The summed E-state index contributed by atoms with van der Waals surface area (Å²) in [5, 5.41) is 1.84. The summed E-state index contributed by atoms with van der Waals surface area (Å²) >= 11 is 0. The predicted molar refractivity (Wildman–Crippen MR) is 152 cm³/mol. The topological polar surface area (TPSA) is 68.8 Å². The van der Waals surface area contributed by atoms with Crippen molar-refractivity contribution in [2.75, 3.05) is 18.1 Å².